The normalized spacial score (nSPS) is 15.8. The molecule has 1 aliphatic carbocycles. The molecule has 0 saturated carbocycles. The monoisotopic (exact) mass is 285 g/mol. The van der Waals surface area contributed by atoms with E-state index in [-0.39, 0.29) is 11.2 Å². The van der Waals surface area contributed by atoms with Crippen LogP contribution in [0.25, 0.3) is 0 Å². The molecule has 2 N–H and O–H groups in total. The van der Waals surface area contributed by atoms with Gasteiger partial charge in [0.05, 0.1) is 6.26 Å². The lowest BCUT2D eigenvalue weighted by atomic mass is 9.86. The maximum Gasteiger partial charge on any atom is 0.288 e. The van der Waals surface area contributed by atoms with Crippen molar-refractivity contribution in [3.8, 4) is 11.5 Å². The molecule has 0 saturated heterocycles. The first kappa shape index (κ1) is 13.7. The van der Waals surface area contributed by atoms with Crippen LogP contribution in [0.4, 0.5) is 0 Å². The van der Waals surface area contributed by atoms with Gasteiger partial charge in [0.1, 0.15) is 5.75 Å². The van der Waals surface area contributed by atoms with E-state index in [0.717, 1.165) is 24.2 Å². The van der Waals surface area contributed by atoms with Crippen molar-refractivity contribution < 1.29 is 13.9 Å². The minimum absolute atomic E-state index is 0.0501. The zero-order valence-electron chi connectivity index (χ0n) is 12.5. The Morgan fingerprint density at radius 2 is 2.10 bits per heavy atom. The molecule has 0 radical (unpaired) electrons. The molecule has 1 aromatic heterocycles. The molecule has 4 heteroatoms. The third-order valence-electron chi connectivity index (χ3n) is 4.22. The first-order valence-electron chi connectivity index (χ1n) is 7.07. The van der Waals surface area contributed by atoms with Crippen LogP contribution in [0.5, 0.6) is 11.5 Å². The van der Waals surface area contributed by atoms with Gasteiger partial charge in [-0.3, -0.25) is 4.79 Å². The van der Waals surface area contributed by atoms with Gasteiger partial charge in [0.2, 0.25) is 5.76 Å². The largest absolute Gasteiger partial charge is 0.455 e. The highest BCUT2D eigenvalue weighted by Crippen LogP contribution is 2.42. The van der Waals surface area contributed by atoms with Crippen molar-refractivity contribution >= 4 is 5.91 Å². The van der Waals surface area contributed by atoms with Crippen LogP contribution in [-0.2, 0) is 11.8 Å². The predicted octanol–water partition coefficient (Wildman–Crippen LogP) is 3.70. The van der Waals surface area contributed by atoms with Gasteiger partial charge in [-0.1, -0.05) is 19.9 Å². The molecule has 1 amide bonds. The minimum atomic E-state index is -0.630. The minimum Gasteiger partial charge on any atom is -0.455 e. The maximum absolute atomic E-state index is 11.3. The lowest BCUT2D eigenvalue weighted by Crippen LogP contribution is -2.12. The number of nitrogens with two attached hydrogens (primary N) is 1. The van der Waals surface area contributed by atoms with E-state index in [9.17, 15) is 4.79 Å². The summed E-state index contributed by atoms with van der Waals surface area (Å²) in [4.78, 5) is 11.3. The van der Waals surface area contributed by atoms with Gasteiger partial charge in [-0.05, 0) is 47.9 Å². The second-order valence-electron chi connectivity index (χ2n) is 6.24. The molecule has 21 heavy (non-hydrogen) atoms. The van der Waals surface area contributed by atoms with Crippen LogP contribution in [0.1, 0.15) is 47.5 Å². The fourth-order valence-corrected chi connectivity index (χ4v) is 2.95. The van der Waals surface area contributed by atoms with Crippen molar-refractivity contribution in [1.29, 1.82) is 0 Å². The molecule has 0 aliphatic heterocycles. The number of fused-ring (bicyclic) bond motifs is 1. The van der Waals surface area contributed by atoms with Gasteiger partial charge >= 0.3 is 0 Å². The van der Waals surface area contributed by atoms with Crippen LogP contribution in [0.3, 0.4) is 0 Å². The van der Waals surface area contributed by atoms with Gasteiger partial charge in [0.15, 0.2) is 5.75 Å². The smallest absolute Gasteiger partial charge is 0.288 e. The van der Waals surface area contributed by atoms with Gasteiger partial charge in [0.25, 0.3) is 5.91 Å². The highest BCUT2D eigenvalue weighted by molar-refractivity contribution is 5.92. The quantitative estimate of drug-likeness (QED) is 0.935. The first-order valence-corrected chi connectivity index (χ1v) is 7.07. The third kappa shape index (κ3) is 2.31. The third-order valence-corrected chi connectivity index (χ3v) is 4.22. The number of hydrogen-bond acceptors (Lipinski definition) is 3. The average molecular weight is 285 g/mol. The maximum atomic E-state index is 11.3. The van der Waals surface area contributed by atoms with E-state index in [4.69, 9.17) is 14.9 Å². The Morgan fingerprint density at radius 1 is 1.33 bits per heavy atom. The SMILES string of the molecule is Cc1cc2c(cc1Oc1ccoc1C(N)=O)C(C)(C)CC2. The van der Waals surface area contributed by atoms with Crippen LogP contribution in [0, 0.1) is 6.92 Å². The van der Waals surface area contributed by atoms with E-state index in [1.807, 2.05) is 6.92 Å². The molecule has 4 nitrogen and oxygen atoms in total. The number of carbonyl (C=O) groups is 1. The molecule has 3 rings (SSSR count). The van der Waals surface area contributed by atoms with Gasteiger partial charge in [-0.15, -0.1) is 0 Å². The second-order valence-corrected chi connectivity index (χ2v) is 6.24. The molecular weight excluding hydrogens is 266 g/mol. The van der Waals surface area contributed by atoms with Crippen molar-refractivity contribution in [2.75, 3.05) is 0 Å². The summed E-state index contributed by atoms with van der Waals surface area (Å²) in [5.74, 6) is 0.525. The van der Waals surface area contributed by atoms with Crippen molar-refractivity contribution in [1.82, 2.24) is 0 Å². The molecule has 0 atom stereocenters. The van der Waals surface area contributed by atoms with E-state index in [2.05, 4.69) is 26.0 Å². The van der Waals surface area contributed by atoms with Crippen LogP contribution >= 0.6 is 0 Å². The predicted molar refractivity (Wildman–Crippen MR) is 79.8 cm³/mol. The number of amides is 1. The highest BCUT2D eigenvalue weighted by Gasteiger charge is 2.30. The van der Waals surface area contributed by atoms with Gasteiger partial charge in [-0.25, -0.2) is 0 Å². The van der Waals surface area contributed by atoms with Crippen LogP contribution in [-0.4, -0.2) is 5.91 Å². The van der Waals surface area contributed by atoms with E-state index in [1.54, 1.807) is 6.07 Å². The Morgan fingerprint density at radius 3 is 2.81 bits per heavy atom. The van der Waals surface area contributed by atoms with E-state index in [1.165, 1.54) is 17.4 Å². The number of aryl methyl sites for hydroxylation is 2. The Balaban J connectivity index is 2.00. The zero-order chi connectivity index (χ0) is 15.2. The summed E-state index contributed by atoms with van der Waals surface area (Å²) >= 11 is 0. The molecule has 0 fully saturated rings. The van der Waals surface area contributed by atoms with Gasteiger partial charge in [-0.2, -0.15) is 0 Å². The first-order chi connectivity index (χ1) is 9.88. The Kier molecular flexibility index (Phi) is 3.04. The topological polar surface area (TPSA) is 65.5 Å². The lowest BCUT2D eigenvalue weighted by molar-refractivity contribution is 0.0970. The lowest BCUT2D eigenvalue weighted by Gasteiger charge is -2.20. The molecule has 0 bridgehead atoms. The van der Waals surface area contributed by atoms with Crippen molar-refractivity contribution in [3.05, 3.63) is 46.9 Å². The summed E-state index contributed by atoms with van der Waals surface area (Å²) in [6.07, 6.45) is 3.65. The number of carbonyl (C=O) groups excluding carboxylic acids is 1. The molecule has 0 unspecified atom stereocenters. The summed E-state index contributed by atoms with van der Waals surface area (Å²) in [6.45, 7) is 6.49. The summed E-state index contributed by atoms with van der Waals surface area (Å²) < 4.78 is 10.9. The number of benzene rings is 1. The summed E-state index contributed by atoms with van der Waals surface area (Å²) in [7, 11) is 0. The summed E-state index contributed by atoms with van der Waals surface area (Å²) in [6, 6.07) is 5.86. The molecule has 1 aromatic carbocycles. The Hall–Kier alpha value is -2.23. The molecule has 1 aliphatic rings. The fraction of sp³-hybridized carbons (Fsp3) is 0.353. The molecule has 1 heterocycles. The Bertz CT molecular complexity index is 713. The van der Waals surface area contributed by atoms with E-state index < -0.39 is 5.91 Å². The van der Waals surface area contributed by atoms with Gasteiger partial charge in [0, 0.05) is 6.07 Å². The highest BCUT2D eigenvalue weighted by atomic mass is 16.5. The molecular formula is C17H19NO3. The standard InChI is InChI=1S/C17H19NO3/c1-10-8-11-4-6-17(2,3)12(11)9-14(10)21-13-5-7-20-15(13)16(18)19/h5,7-9H,4,6H2,1-3H3,(H2,18,19). The number of ether oxygens (including phenoxy) is 1. The molecule has 110 valence electrons. The zero-order valence-corrected chi connectivity index (χ0v) is 12.5. The van der Waals surface area contributed by atoms with E-state index in [0.29, 0.717) is 5.75 Å². The van der Waals surface area contributed by atoms with Crippen LogP contribution < -0.4 is 10.5 Å². The molecule has 0 spiro atoms. The molecule has 2 aromatic rings. The Labute approximate surface area is 123 Å². The second kappa shape index (κ2) is 4.65. The van der Waals surface area contributed by atoms with Crippen molar-refractivity contribution in [2.24, 2.45) is 5.73 Å². The van der Waals surface area contributed by atoms with Crippen molar-refractivity contribution in [3.63, 3.8) is 0 Å². The fourth-order valence-electron chi connectivity index (χ4n) is 2.95. The van der Waals surface area contributed by atoms with Crippen LogP contribution in [0.15, 0.2) is 28.9 Å². The summed E-state index contributed by atoms with van der Waals surface area (Å²) in [5.41, 5.74) is 9.17. The number of rotatable bonds is 3. The van der Waals surface area contributed by atoms with Gasteiger partial charge < -0.3 is 14.9 Å². The average Bonchev–Trinajstić information content (AvgIpc) is 2.97. The number of primary amides is 1. The van der Waals surface area contributed by atoms with Crippen molar-refractivity contribution in [2.45, 2.75) is 39.0 Å². The number of furan rings is 1. The number of hydrogen-bond donors (Lipinski definition) is 1. The van der Waals surface area contributed by atoms with E-state index >= 15 is 0 Å². The summed E-state index contributed by atoms with van der Waals surface area (Å²) in [5, 5.41) is 0. The van der Waals surface area contributed by atoms with Crippen LogP contribution in [0.2, 0.25) is 0 Å².